The van der Waals surface area contributed by atoms with E-state index >= 15 is 0 Å². The Hall–Kier alpha value is -0.900. The van der Waals surface area contributed by atoms with Crippen LogP contribution in [0.15, 0.2) is 0 Å². The van der Waals surface area contributed by atoms with Crippen LogP contribution >= 0.6 is 0 Å². The van der Waals surface area contributed by atoms with Gasteiger partial charge in [-0.15, -0.1) is 0 Å². The zero-order valence-electron chi connectivity index (χ0n) is 9.16. The van der Waals surface area contributed by atoms with Crippen LogP contribution in [0.1, 0.15) is 27.7 Å². The van der Waals surface area contributed by atoms with Gasteiger partial charge in [0.15, 0.2) is 0 Å². The minimum Gasteiger partial charge on any atom is -0.459 e. The Morgan fingerprint density at radius 2 is 2.00 bits per heavy atom. The van der Waals surface area contributed by atoms with Crippen molar-refractivity contribution in [2.75, 3.05) is 13.1 Å². The molecule has 0 aromatic rings. The largest absolute Gasteiger partial charge is 0.459 e. The molecule has 1 aliphatic heterocycles. The van der Waals surface area contributed by atoms with E-state index in [9.17, 15) is 9.59 Å². The van der Waals surface area contributed by atoms with Crippen molar-refractivity contribution in [1.29, 1.82) is 0 Å². The summed E-state index contributed by atoms with van der Waals surface area (Å²) in [6, 6.07) is -0.0532. The average Bonchev–Trinajstić information content (AvgIpc) is 2.61. The summed E-state index contributed by atoms with van der Waals surface area (Å²) in [6.07, 6.45) is 0. The number of nitrogens with zero attached hydrogens (tertiary/aromatic N) is 1. The van der Waals surface area contributed by atoms with E-state index < -0.39 is 5.60 Å². The fraction of sp³-hybridized carbons (Fsp3) is 0.800. The molecule has 4 heteroatoms. The predicted octanol–water partition coefficient (Wildman–Crippen LogP) is 0.601. The highest BCUT2D eigenvalue weighted by Crippen LogP contribution is 2.18. The van der Waals surface area contributed by atoms with Crippen molar-refractivity contribution in [1.82, 2.24) is 4.90 Å². The molecule has 0 aliphatic carbocycles. The number of rotatable bonds is 3. The van der Waals surface area contributed by atoms with E-state index in [0.29, 0.717) is 6.54 Å². The van der Waals surface area contributed by atoms with Gasteiger partial charge < -0.3 is 4.74 Å². The van der Waals surface area contributed by atoms with Crippen molar-refractivity contribution in [3.8, 4) is 0 Å². The molecule has 0 N–H and O–H groups in total. The van der Waals surface area contributed by atoms with Crippen LogP contribution in [0.3, 0.4) is 0 Å². The quantitative estimate of drug-likeness (QED) is 0.493. The number of hydrogen-bond acceptors (Lipinski definition) is 4. The van der Waals surface area contributed by atoms with Gasteiger partial charge in [0.2, 0.25) is 0 Å². The van der Waals surface area contributed by atoms with Crippen LogP contribution in [-0.2, 0) is 14.3 Å². The van der Waals surface area contributed by atoms with Crippen molar-refractivity contribution in [3.63, 3.8) is 0 Å². The molecular weight excluding hydrogens is 182 g/mol. The molecule has 0 spiro atoms. The number of carbonyl (C=O) groups is 2. The summed E-state index contributed by atoms with van der Waals surface area (Å²) in [7, 11) is 0. The summed E-state index contributed by atoms with van der Waals surface area (Å²) in [5.74, 6) is -0.144. The zero-order chi connectivity index (χ0) is 10.9. The molecule has 14 heavy (non-hydrogen) atoms. The second-order valence-corrected chi connectivity index (χ2v) is 4.64. The number of ketones is 1. The van der Waals surface area contributed by atoms with E-state index in [1.54, 1.807) is 11.8 Å². The van der Waals surface area contributed by atoms with Crippen LogP contribution in [0.2, 0.25) is 0 Å². The molecule has 0 radical (unpaired) electrons. The molecule has 4 nitrogen and oxygen atoms in total. The third-order valence-corrected chi connectivity index (χ3v) is 1.94. The summed E-state index contributed by atoms with van der Waals surface area (Å²) in [4.78, 5) is 24.0. The fourth-order valence-corrected chi connectivity index (χ4v) is 1.28. The number of Topliss-reactive ketones (excluding diaryl/α,β-unsaturated/α-hetero) is 1. The molecule has 2 atom stereocenters. The maximum atomic E-state index is 11.3. The van der Waals surface area contributed by atoms with E-state index in [0.717, 1.165) is 0 Å². The Kier molecular flexibility index (Phi) is 2.95. The molecule has 1 aliphatic rings. The minimum atomic E-state index is -0.446. The average molecular weight is 199 g/mol. The number of esters is 1. The Balaban J connectivity index is 2.27. The zero-order valence-corrected chi connectivity index (χ0v) is 9.16. The highest BCUT2D eigenvalue weighted by Gasteiger charge is 2.39. The molecule has 80 valence electrons. The fourth-order valence-electron chi connectivity index (χ4n) is 1.28. The molecule has 2 unspecified atom stereocenters. The first kappa shape index (κ1) is 11.2. The van der Waals surface area contributed by atoms with Gasteiger partial charge in [0.1, 0.15) is 11.4 Å². The van der Waals surface area contributed by atoms with Crippen LogP contribution in [0, 0.1) is 0 Å². The predicted molar refractivity (Wildman–Crippen MR) is 51.9 cm³/mol. The lowest BCUT2D eigenvalue weighted by Crippen LogP contribution is -2.29. The molecule has 0 aromatic heterocycles. The Morgan fingerprint density at radius 3 is 2.36 bits per heavy atom. The summed E-state index contributed by atoms with van der Waals surface area (Å²) < 4.78 is 5.12. The van der Waals surface area contributed by atoms with E-state index in [2.05, 4.69) is 0 Å². The lowest BCUT2D eigenvalue weighted by Gasteiger charge is -2.19. The van der Waals surface area contributed by atoms with E-state index in [-0.39, 0.29) is 24.3 Å². The SMILES string of the molecule is CC(=O)C1CN1CC(=O)OC(C)(C)C. The molecule has 1 heterocycles. The summed E-state index contributed by atoms with van der Waals surface area (Å²) in [5.41, 5.74) is -0.446. The molecular formula is C10H17NO3. The van der Waals surface area contributed by atoms with Crippen LogP contribution in [0.4, 0.5) is 0 Å². The van der Waals surface area contributed by atoms with Gasteiger partial charge in [-0.1, -0.05) is 0 Å². The molecule has 1 saturated heterocycles. The van der Waals surface area contributed by atoms with Crippen LogP contribution in [0.5, 0.6) is 0 Å². The van der Waals surface area contributed by atoms with Crippen molar-refractivity contribution in [2.24, 2.45) is 0 Å². The Morgan fingerprint density at radius 1 is 1.43 bits per heavy atom. The van der Waals surface area contributed by atoms with Gasteiger partial charge in [-0.3, -0.25) is 14.5 Å². The third-order valence-electron chi connectivity index (χ3n) is 1.94. The minimum absolute atomic E-state index is 0.0532. The Bertz CT molecular complexity index is 255. The van der Waals surface area contributed by atoms with Gasteiger partial charge in [-0.2, -0.15) is 0 Å². The molecule has 0 bridgehead atoms. The van der Waals surface area contributed by atoms with Gasteiger partial charge in [0, 0.05) is 6.54 Å². The highest BCUT2D eigenvalue weighted by molar-refractivity contribution is 5.85. The maximum absolute atomic E-state index is 11.3. The van der Waals surface area contributed by atoms with Crippen molar-refractivity contribution in [3.05, 3.63) is 0 Å². The standard InChI is InChI=1S/C10H17NO3/c1-7(12)8-5-11(8)6-9(13)14-10(2,3)4/h8H,5-6H2,1-4H3. The monoisotopic (exact) mass is 199 g/mol. The van der Waals surface area contributed by atoms with Gasteiger partial charge in [-0.05, 0) is 27.7 Å². The lowest BCUT2D eigenvalue weighted by atomic mass is 10.2. The number of hydrogen-bond donors (Lipinski definition) is 0. The summed E-state index contributed by atoms with van der Waals surface area (Å²) in [5, 5.41) is 0. The van der Waals surface area contributed by atoms with Crippen molar-refractivity contribution >= 4 is 11.8 Å². The van der Waals surface area contributed by atoms with Crippen molar-refractivity contribution in [2.45, 2.75) is 39.3 Å². The number of ether oxygens (including phenoxy) is 1. The highest BCUT2D eigenvalue weighted by atomic mass is 16.6. The van der Waals surface area contributed by atoms with E-state index in [1.165, 1.54) is 0 Å². The lowest BCUT2D eigenvalue weighted by molar-refractivity contribution is -0.154. The summed E-state index contributed by atoms with van der Waals surface area (Å²) in [6.45, 7) is 7.94. The molecule has 0 saturated carbocycles. The van der Waals surface area contributed by atoms with Crippen LogP contribution < -0.4 is 0 Å². The maximum Gasteiger partial charge on any atom is 0.320 e. The number of carbonyl (C=O) groups excluding carboxylic acids is 2. The topological polar surface area (TPSA) is 46.4 Å². The molecule has 1 fully saturated rings. The van der Waals surface area contributed by atoms with Gasteiger partial charge in [0.05, 0.1) is 12.6 Å². The third kappa shape index (κ3) is 3.46. The second-order valence-electron chi connectivity index (χ2n) is 4.64. The first-order valence-corrected chi connectivity index (χ1v) is 4.76. The van der Waals surface area contributed by atoms with Gasteiger partial charge in [-0.25, -0.2) is 0 Å². The van der Waals surface area contributed by atoms with E-state index in [1.807, 2.05) is 20.8 Å². The van der Waals surface area contributed by atoms with Crippen LogP contribution in [-0.4, -0.2) is 41.4 Å². The van der Waals surface area contributed by atoms with Gasteiger partial charge >= 0.3 is 5.97 Å². The smallest absolute Gasteiger partial charge is 0.320 e. The normalized spacial score (nSPS) is 25.7. The first-order valence-electron chi connectivity index (χ1n) is 4.76. The van der Waals surface area contributed by atoms with Crippen molar-refractivity contribution < 1.29 is 14.3 Å². The second kappa shape index (κ2) is 3.69. The Labute approximate surface area is 84.2 Å². The first-order chi connectivity index (χ1) is 6.29. The van der Waals surface area contributed by atoms with Crippen LogP contribution in [0.25, 0.3) is 0 Å². The van der Waals surface area contributed by atoms with E-state index in [4.69, 9.17) is 4.74 Å². The molecule has 1 rings (SSSR count). The molecule has 0 aromatic carbocycles. The molecule has 0 amide bonds. The van der Waals surface area contributed by atoms with Gasteiger partial charge in [0.25, 0.3) is 0 Å². The summed E-state index contributed by atoms with van der Waals surface area (Å²) >= 11 is 0.